The number of piperidine rings is 1. The van der Waals surface area contributed by atoms with Crippen molar-refractivity contribution in [2.75, 3.05) is 25.4 Å². The first-order chi connectivity index (χ1) is 9.60. The Kier molecular flexibility index (Phi) is 5.43. The number of thiophene rings is 1. The van der Waals surface area contributed by atoms with Gasteiger partial charge in [-0.1, -0.05) is 0 Å². The molecular weight excluding hydrogens is 272 g/mol. The molecule has 1 aliphatic rings. The van der Waals surface area contributed by atoms with Gasteiger partial charge < -0.3 is 10.5 Å². The zero-order valence-corrected chi connectivity index (χ0v) is 13.1. The van der Waals surface area contributed by atoms with E-state index in [-0.39, 0.29) is 11.9 Å². The van der Waals surface area contributed by atoms with E-state index >= 15 is 0 Å². The van der Waals surface area contributed by atoms with Crippen LogP contribution < -0.4 is 5.73 Å². The Labute approximate surface area is 124 Å². The molecule has 20 heavy (non-hydrogen) atoms. The van der Waals surface area contributed by atoms with Crippen LogP contribution in [0.2, 0.25) is 0 Å². The van der Waals surface area contributed by atoms with E-state index in [1.165, 1.54) is 4.88 Å². The highest BCUT2D eigenvalue weighted by Gasteiger charge is 2.29. The molecule has 0 saturated carbocycles. The molecule has 0 aromatic carbocycles. The molecule has 1 fully saturated rings. The number of carbonyl (C=O) groups is 1. The molecule has 1 aromatic rings. The number of ether oxygens (including phenoxy) is 1. The van der Waals surface area contributed by atoms with Crippen molar-refractivity contribution in [1.82, 2.24) is 4.90 Å². The summed E-state index contributed by atoms with van der Waals surface area (Å²) >= 11 is 1.65. The lowest BCUT2D eigenvalue weighted by molar-refractivity contribution is -0.150. The first kappa shape index (κ1) is 15.3. The molecule has 0 bridgehead atoms. The number of rotatable bonds is 5. The minimum atomic E-state index is -0.0373. The standard InChI is InChI=1S/C15H24N2O2S/c1-3-19-15(18)12-5-4-8-17(10-12)11(2)9-13-6-7-14(16)20-13/h6-7,11-12H,3-5,8-10,16H2,1-2H3. The Bertz CT molecular complexity index is 447. The van der Waals surface area contributed by atoms with Gasteiger partial charge in [0.2, 0.25) is 0 Å². The fourth-order valence-corrected chi connectivity index (χ4v) is 3.68. The van der Waals surface area contributed by atoms with E-state index in [9.17, 15) is 4.79 Å². The van der Waals surface area contributed by atoms with Crippen molar-refractivity contribution in [1.29, 1.82) is 0 Å². The van der Waals surface area contributed by atoms with Crippen molar-refractivity contribution in [2.24, 2.45) is 5.92 Å². The van der Waals surface area contributed by atoms with Crippen LogP contribution in [0.25, 0.3) is 0 Å². The summed E-state index contributed by atoms with van der Waals surface area (Å²) < 4.78 is 5.15. The van der Waals surface area contributed by atoms with Gasteiger partial charge in [0, 0.05) is 17.5 Å². The number of anilines is 1. The van der Waals surface area contributed by atoms with E-state index in [0.717, 1.165) is 37.4 Å². The monoisotopic (exact) mass is 296 g/mol. The summed E-state index contributed by atoms with van der Waals surface area (Å²) in [6.07, 6.45) is 3.02. The molecule has 2 unspecified atom stereocenters. The van der Waals surface area contributed by atoms with Crippen molar-refractivity contribution >= 4 is 22.3 Å². The minimum Gasteiger partial charge on any atom is -0.466 e. The third kappa shape index (κ3) is 3.96. The van der Waals surface area contributed by atoms with Crippen LogP contribution in [-0.4, -0.2) is 36.6 Å². The van der Waals surface area contributed by atoms with E-state index in [1.807, 2.05) is 13.0 Å². The number of hydrogen-bond acceptors (Lipinski definition) is 5. The van der Waals surface area contributed by atoms with Gasteiger partial charge in [0.25, 0.3) is 0 Å². The molecule has 0 spiro atoms. The van der Waals surface area contributed by atoms with Gasteiger partial charge in [-0.05, 0) is 51.8 Å². The van der Waals surface area contributed by atoms with E-state index < -0.39 is 0 Å². The van der Waals surface area contributed by atoms with Gasteiger partial charge in [0.1, 0.15) is 0 Å². The van der Waals surface area contributed by atoms with Crippen molar-refractivity contribution in [3.8, 4) is 0 Å². The Balaban J connectivity index is 1.89. The van der Waals surface area contributed by atoms with Gasteiger partial charge in [0.15, 0.2) is 0 Å². The highest BCUT2D eigenvalue weighted by molar-refractivity contribution is 7.15. The maximum absolute atomic E-state index is 11.9. The number of nitrogens with zero attached hydrogens (tertiary/aromatic N) is 1. The molecule has 112 valence electrons. The number of hydrogen-bond donors (Lipinski definition) is 1. The summed E-state index contributed by atoms with van der Waals surface area (Å²) in [5.41, 5.74) is 5.77. The van der Waals surface area contributed by atoms with E-state index in [2.05, 4.69) is 17.9 Å². The van der Waals surface area contributed by atoms with Crippen LogP contribution in [0.4, 0.5) is 5.00 Å². The van der Waals surface area contributed by atoms with Crippen LogP contribution in [0, 0.1) is 5.92 Å². The number of carbonyl (C=O) groups excluding carboxylic acids is 1. The average molecular weight is 296 g/mol. The van der Waals surface area contributed by atoms with Gasteiger partial charge in [-0.15, -0.1) is 11.3 Å². The second-order valence-electron chi connectivity index (χ2n) is 5.44. The Morgan fingerprint density at radius 2 is 2.40 bits per heavy atom. The summed E-state index contributed by atoms with van der Waals surface area (Å²) in [5.74, 6) is 0.00400. The SMILES string of the molecule is CCOC(=O)C1CCCN(C(C)Cc2ccc(N)s2)C1. The highest BCUT2D eigenvalue weighted by Crippen LogP contribution is 2.24. The Hall–Kier alpha value is -1.07. The van der Waals surface area contributed by atoms with E-state index in [4.69, 9.17) is 10.5 Å². The predicted molar refractivity (Wildman–Crippen MR) is 82.8 cm³/mol. The van der Waals surface area contributed by atoms with Gasteiger partial charge in [-0.25, -0.2) is 0 Å². The number of likely N-dealkylation sites (tertiary alicyclic amines) is 1. The molecule has 2 N–H and O–H groups in total. The molecule has 1 aromatic heterocycles. The van der Waals surface area contributed by atoms with Crippen molar-refractivity contribution in [3.05, 3.63) is 17.0 Å². The van der Waals surface area contributed by atoms with Crippen molar-refractivity contribution in [2.45, 2.75) is 39.2 Å². The van der Waals surface area contributed by atoms with Crippen LogP contribution in [0.5, 0.6) is 0 Å². The summed E-state index contributed by atoms with van der Waals surface area (Å²) in [4.78, 5) is 15.6. The Morgan fingerprint density at radius 3 is 3.05 bits per heavy atom. The lowest BCUT2D eigenvalue weighted by Gasteiger charge is -2.35. The number of esters is 1. The average Bonchev–Trinajstić information content (AvgIpc) is 2.84. The fourth-order valence-electron chi connectivity index (χ4n) is 2.78. The van der Waals surface area contributed by atoms with Crippen molar-refractivity contribution in [3.63, 3.8) is 0 Å². The quantitative estimate of drug-likeness (QED) is 0.848. The largest absolute Gasteiger partial charge is 0.466 e. The van der Waals surface area contributed by atoms with Crippen LogP contribution in [-0.2, 0) is 16.0 Å². The van der Waals surface area contributed by atoms with Crippen molar-refractivity contribution < 1.29 is 9.53 Å². The van der Waals surface area contributed by atoms with Gasteiger partial charge in [-0.2, -0.15) is 0 Å². The molecule has 1 aliphatic heterocycles. The summed E-state index contributed by atoms with van der Waals surface area (Å²) in [6, 6.07) is 4.50. The normalized spacial score (nSPS) is 21.6. The molecular formula is C15H24N2O2S. The number of nitrogens with two attached hydrogens (primary N) is 1. The molecule has 2 atom stereocenters. The maximum Gasteiger partial charge on any atom is 0.310 e. The zero-order valence-electron chi connectivity index (χ0n) is 12.3. The molecule has 5 heteroatoms. The van der Waals surface area contributed by atoms with Gasteiger partial charge in [-0.3, -0.25) is 9.69 Å². The van der Waals surface area contributed by atoms with E-state index in [0.29, 0.717) is 12.6 Å². The zero-order chi connectivity index (χ0) is 14.5. The van der Waals surface area contributed by atoms with Gasteiger partial charge >= 0.3 is 5.97 Å². The minimum absolute atomic E-state index is 0.0373. The smallest absolute Gasteiger partial charge is 0.310 e. The molecule has 0 radical (unpaired) electrons. The lowest BCUT2D eigenvalue weighted by Crippen LogP contribution is -2.44. The molecule has 4 nitrogen and oxygen atoms in total. The predicted octanol–water partition coefficient (Wildman–Crippen LogP) is 2.54. The van der Waals surface area contributed by atoms with Gasteiger partial charge in [0.05, 0.1) is 17.5 Å². The fraction of sp³-hybridized carbons (Fsp3) is 0.667. The molecule has 0 amide bonds. The number of nitrogen functional groups attached to an aromatic ring is 1. The maximum atomic E-state index is 11.9. The lowest BCUT2D eigenvalue weighted by atomic mass is 9.96. The van der Waals surface area contributed by atoms with E-state index in [1.54, 1.807) is 11.3 Å². The second kappa shape index (κ2) is 7.09. The van der Waals surface area contributed by atoms with Crippen LogP contribution in [0.1, 0.15) is 31.6 Å². The summed E-state index contributed by atoms with van der Waals surface area (Å²) in [7, 11) is 0. The third-order valence-corrected chi connectivity index (χ3v) is 4.81. The topological polar surface area (TPSA) is 55.6 Å². The van der Waals surface area contributed by atoms with Crippen LogP contribution >= 0.6 is 11.3 Å². The molecule has 1 saturated heterocycles. The first-order valence-electron chi connectivity index (χ1n) is 7.35. The van der Waals surface area contributed by atoms with Crippen LogP contribution in [0.15, 0.2) is 12.1 Å². The highest BCUT2D eigenvalue weighted by atomic mass is 32.1. The Morgan fingerprint density at radius 1 is 1.60 bits per heavy atom. The second-order valence-corrected chi connectivity index (χ2v) is 6.64. The van der Waals surface area contributed by atoms with Crippen LogP contribution in [0.3, 0.4) is 0 Å². The summed E-state index contributed by atoms with van der Waals surface area (Å²) in [6.45, 7) is 6.45. The first-order valence-corrected chi connectivity index (χ1v) is 8.16. The molecule has 0 aliphatic carbocycles. The third-order valence-electron chi connectivity index (χ3n) is 3.88. The molecule has 2 heterocycles. The molecule has 2 rings (SSSR count). The summed E-state index contributed by atoms with van der Waals surface area (Å²) in [5, 5.41) is 0.871.